The van der Waals surface area contributed by atoms with Crippen molar-refractivity contribution < 1.29 is 9.59 Å². The molecule has 4 heteroatoms. The molecule has 1 saturated carbocycles. The first kappa shape index (κ1) is 13.0. The number of rotatable bonds is 5. The SMILES string of the molecule is CC(C)NC(=O)N[C@H](C(=O)C1CC1)C(C)C. The van der Waals surface area contributed by atoms with E-state index in [2.05, 4.69) is 10.6 Å². The number of amides is 2. The van der Waals surface area contributed by atoms with Crippen LogP contribution in [-0.2, 0) is 4.79 Å². The van der Waals surface area contributed by atoms with Gasteiger partial charge in [-0.05, 0) is 32.6 Å². The monoisotopic (exact) mass is 226 g/mol. The third-order valence-electron chi connectivity index (χ3n) is 2.66. The van der Waals surface area contributed by atoms with Gasteiger partial charge in [-0.2, -0.15) is 0 Å². The Hall–Kier alpha value is -1.06. The molecule has 1 aliphatic rings. The fourth-order valence-corrected chi connectivity index (χ4v) is 1.63. The molecule has 16 heavy (non-hydrogen) atoms. The summed E-state index contributed by atoms with van der Waals surface area (Å²) >= 11 is 0. The van der Waals surface area contributed by atoms with Gasteiger partial charge >= 0.3 is 6.03 Å². The lowest BCUT2D eigenvalue weighted by Gasteiger charge is -2.22. The van der Waals surface area contributed by atoms with Crippen molar-refractivity contribution in [3.8, 4) is 0 Å². The number of ketones is 1. The van der Waals surface area contributed by atoms with Gasteiger partial charge in [-0.15, -0.1) is 0 Å². The summed E-state index contributed by atoms with van der Waals surface area (Å²) < 4.78 is 0. The predicted molar refractivity (Wildman–Crippen MR) is 63.2 cm³/mol. The Morgan fingerprint density at radius 2 is 1.62 bits per heavy atom. The maximum absolute atomic E-state index is 11.9. The summed E-state index contributed by atoms with van der Waals surface area (Å²) in [5.74, 6) is 0.520. The third-order valence-corrected chi connectivity index (χ3v) is 2.66. The van der Waals surface area contributed by atoms with Crippen LogP contribution in [0.15, 0.2) is 0 Å². The van der Waals surface area contributed by atoms with Crippen LogP contribution in [0.2, 0.25) is 0 Å². The molecule has 1 atom stereocenters. The van der Waals surface area contributed by atoms with Crippen molar-refractivity contribution in [3.05, 3.63) is 0 Å². The van der Waals surface area contributed by atoms with Crippen LogP contribution in [0.5, 0.6) is 0 Å². The first-order valence-corrected chi connectivity index (χ1v) is 6.02. The molecule has 92 valence electrons. The quantitative estimate of drug-likeness (QED) is 0.749. The minimum Gasteiger partial charge on any atom is -0.336 e. The van der Waals surface area contributed by atoms with E-state index >= 15 is 0 Å². The summed E-state index contributed by atoms with van der Waals surface area (Å²) in [7, 11) is 0. The zero-order valence-electron chi connectivity index (χ0n) is 10.5. The predicted octanol–water partition coefficient (Wildman–Crippen LogP) is 1.70. The standard InChI is InChI=1S/C12H22N2O2/c1-7(2)10(11(15)9-5-6-9)14-12(16)13-8(3)4/h7-10H,5-6H2,1-4H3,(H2,13,14,16)/t10-/m0/s1. The van der Waals surface area contributed by atoms with Crippen LogP contribution in [0.25, 0.3) is 0 Å². The van der Waals surface area contributed by atoms with E-state index in [1.165, 1.54) is 0 Å². The molecule has 0 aromatic heterocycles. The summed E-state index contributed by atoms with van der Waals surface area (Å²) in [6, 6.07) is -0.502. The summed E-state index contributed by atoms with van der Waals surface area (Å²) in [5, 5.41) is 5.51. The van der Waals surface area contributed by atoms with E-state index in [0.717, 1.165) is 12.8 Å². The first-order chi connectivity index (χ1) is 7.41. The highest BCUT2D eigenvalue weighted by molar-refractivity contribution is 5.91. The van der Waals surface area contributed by atoms with Crippen molar-refractivity contribution >= 4 is 11.8 Å². The largest absolute Gasteiger partial charge is 0.336 e. The summed E-state index contributed by atoms with van der Waals surface area (Å²) in [4.78, 5) is 23.5. The zero-order chi connectivity index (χ0) is 12.3. The minimum atomic E-state index is -0.341. The zero-order valence-corrected chi connectivity index (χ0v) is 10.5. The van der Waals surface area contributed by atoms with E-state index < -0.39 is 0 Å². The van der Waals surface area contributed by atoms with Gasteiger partial charge in [0.2, 0.25) is 0 Å². The van der Waals surface area contributed by atoms with Crippen LogP contribution in [0.4, 0.5) is 4.79 Å². The first-order valence-electron chi connectivity index (χ1n) is 6.02. The molecule has 0 heterocycles. The van der Waals surface area contributed by atoms with E-state index in [1.807, 2.05) is 27.7 Å². The van der Waals surface area contributed by atoms with Crippen LogP contribution in [0.3, 0.4) is 0 Å². The molecular formula is C12H22N2O2. The lowest BCUT2D eigenvalue weighted by Crippen LogP contribution is -2.50. The number of Topliss-reactive ketones (excluding diaryl/α,β-unsaturated/α-hetero) is 1. The topological polar surface area (TPSA) is 58.2 Å². The lowest BCUT2D eigenvalue weighted by atomic mass is 9.97. The molecule has 0 radical (unpaired) electrons. The molecule has 0 aliphatic heterocycles. The fourth-order valence-electron chi connectivity index (χ4n) is 1.63. The molecule has 1 rings (SSSR count). The smallest absolute Gasteiger partial charge is 0.315 e. The Balaban J connectivity index is 2.50. The molecule has 1 aliphatic carbocycles. The van der Waals surface area contributed by atoms with Crippen molar-refractivity contribution in [2.45, 2.75) is 52.6 Å². The highest BCUT2D eigenvalue weighted by Gasteiger charge is 2.36. The fraction of sp³-hybridized carbons (Fsp3) is 0.833. The maximum Gasteiger partial charge on any atom is 0.315 e. The molecule has 0 bridgehead atoms. The van der Waals surface area contributed by atoms with Gasteiger partial charge in [-0.25, -0.2) is 4.79 Å². The van der Waals surface area contributed by atoms with E-state index in [1.54, 1.807) is 0 Å². The van der Waals surface area contributed by atoms with Crippen molar-refractivity contribution in [1.29, 1.82) is 0 Å². The van der Waals surface area contributed by atoms with Crippen LogP contribution in [0.1, 0.15) is 40.5 Å². The summed E-state index contributed by atoms with van der Waals surface area (Å²) in [6.07, 6.45) is 1.96. The Kier molecular flexibility index (Phi) is 4.33. The van der Waals surface area contributed by atoms with E-state index in [0.29, 0.717) is 0 Å². The average molecular weight is 226 g/mol. The Bertz CT molecular complexity index is 270. The number of carbonyl (C=O) groups is 2. The van der Waals surface area contributed by atoms with Crippen LogP contribution in [0, 0.1) is 11.8 Å². The molecule has 0 spiro atoms. The van der Waals surface area contributed by atoms with Gasteiger partial charge in [0.1, 0.15) is 0 Å². The maximum atomic E-state index is 11.9. The molecule has 4 nitrogen and oxygen atoms in total. The van der Waals surface area contributed by atoms with E-state index in [4.69, 9.17) is 0 Å². The molecule has 1 fully saturated rings. The molecule has 0 saturated heterocycles. The lowest BCUT2D eigenvalue weighted by molar-refractivity contribution is -0.123. The number of urea groups is 1. The summed E-state index contributed by atoms with van der Waals surface area (Å²) in [5.41, 5.74) is 0. The Morgan fingerprint density at radius 1 is 1.06 bits per heavy atom. The molecular weight excluding hydrogens is 204 g/mol. The molecule has 0 aromatic rings. The number of nitrogens with one attached hydrogen (secondary N) is 2. The number of hydrogen-bond donors (Lipinski definition) is 2. The van der Waals surface area contributed by atoms with Crippen molar-refractivity contribution in [1.82, 2.24) is 10.6 Å². The van der Waals surface area contributed by atoms with Crippen LogP contribution >= 0.6 is 0 Å². The van der Waals surface area contributed by atoms with Crippen molar-refractivity contribution in [2.75, 3.05) is 0 Å². The highest BCUT2D eigenvalue weighted by atomic mass is 16.2. The normalized spacial score (nSPS) is 17.4. The van der Waals surface area contributed by atoms with Gasteiger partial charge < -0.3 is 10.6 Å². The number of carbonyl (C=O) groups excluding carboxylic acids is 2. The van der Waals surface area contributed by atoms with Gasteiger partial charge in [0.25, 0.3) is 0 Å². The highest BCUT2D eigenvalue weighted by Crippen LogP contribution is 2.32. The Morgan fingerprint density at radius 3 is 2.00 bits per heavy atom. The minimum absolute atomic E-state index is 0.0869. The second-order valence-electron chi connectivity index (χ2n) is 5.17. The third kappa shape index (κ3) is 3.83. The molecule has 2 N–H and O–H groups in total. The second-order valence-corrected chi connectivity index (χ2v) is 5.17. The van der Waals surface area contributed by atoms with Crippen LogP contribution in [-0.4, -0.2) is 23.9 Å². The van der Waals surface area contributed by atoms with Gasteiger partial charge in [-0.1, -0.05) is 13.8 Å². The molecule has 0 aromatic carbocycles. The van der Waals surface area contributed by atoms with Crippen molar-refractivity contribution in [2.24, 2.45) is 11.8 Å². The summed E-state index contributed by atoms with van der Waals surface area (Å²) in [6.45, 7) is 7.71. The Labute approximate surface area is 97.2 Å². The van der Waals surface area contributed by atoms with Gasteiger partial charge in [0.05, 0.1) is 6.04 Å². The van der Waals surface area contributed by atoms with E-state index in [-0.39, 0.29) is 35.7 Å². The molecule has 2 amide bonds. The van der Waals surface area contributed by atoms with Gasteiger partial charge in [-0.3, -0.25) is 4.79 Å². The van der Waals surface area contributed by atoms with Crippen molar-refractivity contribution in [3.63, 3.8) is 0 Å². The molecule has 0 unspecified atom stereocenters. The van der Waals surface area contributed by atoms with E-state index in [9.17, 15) is 9.59 Å². The number of hydrogen-bond acceptors (Lipinski definition) is 2. The van der Waals surface area contributed by atoms with Gasteiger partial charge in [0.15, 0.2) is 5.78 Å². The van der Waals surface area contributed by atoms with Crippen LogP contribution < -0.4 is 10.6 Å². The second kappa shape index (κ2) is 5.32. The van der Waals surface area contributed by atoms with Gasteiger partial charge in [0, 0.05) is 12.0 Å². The average Bonchev–Trinajstić information content (AvgIpc) is 2.94.